The Morgan fingerprint density at radius 3 is 2.33 bits per heavy atom. The Labute approximate surface area is 243 Å². The molecule has 1 atom stereocenters. The highest BCUT2D eigenvalue weighted by atomic mass is 79.9. The van der Waals surface area contributed by atoms with E-state index in [9.17, 15) is 27.6 Å². The molecule has 2 aromatic carbocycles. The molecule has 1 aliphatic rings. The van der Waals surface area contributed by atoms with Gasteiger partial charge in [-0.3, -0.25) is 24.0 Å². The standard InChI is InChI=1S/C27H19BrClF3N4O3S/c1-35-22(20(29)12-33-35)23-19(28)11-21(40-23)24(37)34-15(10-14-6-2-5-9-18(14)27(30,31)32)13-36-25(38)16-7-3-4-8-17(16)26(36)39/h2-9,11-12,15H,10,13H2,1H3,(H,34,37)/t15-/m0/s1. The Bertz CT molecular complexity index is 1600. The van der Waals surface area contributed by atoms with E-state index in [2.05, 4.69) is 26.3 Å². The van der Waals surface area contributed by atoms with Crippen LogP contribution < -0.4 is 5.32 Å². The van der Waals surface area contributed by atoms with Crippen LogP contribution in [0, 0.1) is 0 Å². The number of carbonyl (C=O) groups is 3. The van der Waals surface area contributed by atoms with Gasteiger partial charge in [-0.1, -0.05) is 41.9 Å². The van der Waals surface area contributed by atoms with Gasteiger partial charge in [-0.2, -0.15) is 18.3 Å². The zero-order valence-electron chi connectivity index (χ0n) is 20.6. The van der Waals surface area contributed by atoms with Crippen LogP contribution in [0.4, 0.5) is 13.2 Å². The van der Waals surface area contributed by atoms with Crippen LogP contribution in [0.1, 0.15) is 41.5 Å². The molecule has 0 bridgehead atoms. The molecule has 0 radical (unpaired) electrons. The van der Waals surface area contributed by atoms with Crippen molar-refractivity contribution >= 4 is 56.6 Å². The molecule has 0 fully saturated rings. The molecular weight excluding hydrogens is 633 g/mol. The largest absolute Gasteiger partial charge is 0.416 e. The molecule has 2 aromatic heterocycles. The molecule has 0 aliphatic carbocycles. The lowest BCUT2D eigenvalue weighted by Gasteiger charge is -2.25. The lowest BCUT2D eigenvalue weighted by Crippen LogP contribution is -2.47. The number of rotatable bonds is 7. The highest BCUT2D eigenvalue weighted by Crippen LogP contribution is 2.40. The third kappa shape index (κ3) is 5.30. The third-order valence-electron chi connectivity index (χ3n) is 6.43. The number of carbonyl (C=O) groups excluding carboxylic acids is 3. The number of thiophene rings is 1. The number of halogens is 5. The van der Waals surface area contributed by atoms with Crippen LogP contribution in [0.3, 0.4) is 0 Å². The van der Waals surface area contributed by atoms with Gasteiger partial charge in [-0.25, -0.2) is 0 Å². The first-order valence-electron chi connectivity index (χ1n) is 11.8. The molecule has 3 heterocycles. The van der Waals surface area contributed by atoms with Crippen molar-refractivity contribution < 1.29 is 27.6 Å². The van der Waals surface area contributed by atoms with E-state index in [1.807, 2.05) is 0 Å². The normalized spacial score (nSPS) is 14.0. The molecule has 0 unspecified atom stereocenters. The van der Waals surface area contributed by atoms with Crippen LogP contribution >= 0.6 is 38.9 Å². The molecule has 206 valence electrons. The molecule has 7 nitrogen and oxygen atoms in total. The Balaban J connectivity index is 1.46. The lowest BCUT2D eigenvalue weighted by atomic mass is 9.99. The Kier molecular flexibility index (Phi) is 7.60. The minimum absolute atomic E-state index is 0.0772. The second-order valence-corrected chi connectivity index (χ2v) is 11.4. The topological polar surface area (TPSA) is 84.3 Å². The van der Waals surface area contributed by atoms with Crippen molar-refractivity contribution in [3.8, 4) is 10.6 Å². The molecule has 0 saturated heterocycles. The number of benzene rings is 2. The third-order valence-corrected chi connectivity index (χ3v) is 8.73. The van der Waals surface area contributed by atoms with Crippen LogP contribution in [-0.2, 0) is 19.6 Å². The quantitative estimate of drug-likeness (QED) is 0.241. The predicted molar refractivity (Wildman–Crippen MR) is 147 cm³/mol. The minimum Gasteiger partial charge on any atom is -0.346 e. The summed E-state index contributed by atoms with van der Waals surface area (Å²) in [7, 11) is 1.70. The number of nitrogens with zero attached hydrogens (tertiary/aromatic N) is 3. The monoisotopic (exact) mass is 650 g/mol. The fourth-order valence-electron chi connectivity index (χ4n) is 4.59. The number of nitrogens with one attached hydrogen (secondary N) is 1. The summed E-state index contributed by atoms with van der Waals surface area (Å²) >= 11 is 10.8. The summed E-state index contributed by atoms with van der Waals surface area (Å²) in [5.41, 5.74) is 0.0517. The maximum absolute atomic E-state index is 13.8. The summed E-state index contributed by atoms with van der Waals surface area (Å²) in [4.78, 5) is 41.3. The van der Waals surface area contributed by atoms with E-state index in [4.69, 9.17) is 11.6 Å². The van der Waals surface area contributed by atoms with Gasteiger partial charge in [0.15, 0.2) is 0 Å². The second kappa shape index (κ2) is 10.8. The second-order valence-electron chi connectivity index (χ2n) is 9.05. The molecule has 3 amide bonds. The molecule has 13 heteroatoms. The molecular formula is C27H19BrClF3N4O3S. The van der Waals surface area contributed by atoms with E-state index >= 15 is 0 Å². The van der Waals surface area contributed by atoms with Gasteiger partial charge in [0.2, 0.25) is 0 Å². The summed E-state index contributed by atoms with van der Waals surface area (Å²) in [5, 5.41) is 7.24. The number of fused-ring (bicyclic) bond motifs is 1. The van der Waals surface area contributed by atoms with Gasteiger partial charge in [-0.15, -0.1) is 11.3 Å². The number of hydrogen-bond donors (Lipinski definition) is 1. The average molecular weight is 652 g/mol. The maximum atomic E-state index is 13.8. The first kappa shape index (κ1) is 28.1. The SMILES string of the molecule is Cn1ncc(Cl)c1-c1sc(C(=O)N[C@@H](Cc2ccccc2C(F)(F)F)CN2C(=O)c3ccccc3C2=O)cc1Br. The molecule has 0 saturated carbocycles. The lowest BCUT2D eigenvalue weighted by molar-refractivity contribution is -0.138. The van der Waals surface area contributed by atoms with Crippen molar-refractivity contribution in [2.75, 3.05) is 6.54 Å². The fourth-order valence-corrected chi connectivity index (χ4v) is 6.76. The van der Waals surface area contributed by atoms with Crippen LogP contribution in [0.2, 0.25) is 5.02 Å². The van der Waals surface area contributed by atoms with E-state index in [-0.39, 0.29) is 34.5 Å². The van der Waals surface area contributed by atoms with Crippen LogP contribution in [0.15, 0.2) is 65.3 Å². The maximum Gasteiger partial charge on any atom is 0.416 e. The first-order chi connectivity index (χ1) is 19.0. The molecule has 4 aromatic rings. The van der Waals surface area contributed by atoms with Crippen LogP contribution in [0.5, 0.6) is 0 Å². The van der Waals surface area contributed by atoms with Gasteiger partial charge < -0.3 is 5.32 Å². The molecule has 1 aliphatic heterocycles. The predicted octanol–water partition coefficient (Wildman–Crippen LogP) is 6.22. The average Bonchev–Trinajstić information content (AvgIpc) is 3.53. The minimum atomic E-state index is -4.63. The van der Waals surface area contributed by atoms with E-state index in [0.29, 0.717) is 20.1 Å². The number of aromatic nitrogens is 2. The van der Waals surface area contributed by atoms with Crippen LogP contribution in [0.25, 0.3) is 10.6 Å². The summed E-state index contributed by atoms with van der Waals surface area (Å²) < 4.78 is 43.4. The van der Waals surface area contributed by atoms with Crippen molar-refractivity contribution in [3.05, 3.63) is 97.4 Å². The van der Waals surface area contributed by atoms with Crippen molar-refractivity contribution in [2.24, 2.45) is 7.05 Å². The summed E-state index contributed by atoms with van der Waals surface area (Å²) in [6, 6.07) is 11.8. The smallest absolute Gasteiger partial charge is 0.346 e. The first-order valence-corrected chi connectivity index (χ1v) is 13.8. The highest BCUT2D eigenvalue weighted by molar-refractivity contribution is 9.10. The Morgan fingerprint density at radius 1 is 1.10 bits per heavy atom. The highest BCUT2D eigenvalue weighted by Gasteiger charge is 2.38. The summed E-state index contributed by atoms with van der Waals surface area (Å²) in [6.07, 6.45) is -3.43. The van der Waals surface area contributed by atoms with Gasteiger partial charge >= 0.3 is 6.18 Å². The fraction of sp³-hybridized carbons (Fsp3) is 0.185. The van der Waals surface area contributed by atoms with E-state index in [1.165, 1.54) is 36.5 Å². The number of alkyl halides is 3. The summed E-state index contributed by atoms with van der Waals surface area (Å²) in [6.45, 7) is -0.322. The summed E-state index contributed by atoms with van der Waals surface area (Å²) in [5.74, 6) is -1.73. The number of hydrogen-bond acceptors (Lipinski definition) is 5. The van der Waals surface area contributed by atoms with Crippen molar-refractivity contribution in [2.45, 2.75) is 18.6 Å². The Morgan fingerprint density at radius 2 is 1.73 bits per heavy atom. The zero-order valence-corrected chi connectivity index (χ0v) is 23.8. The van der Waals surface area contributed by atoms with Crippen molar-refractivity contribution in [1.82, 2.24) is 20.0 Å². The van der Waals surface area contributed by atoms with E-state index in [1.54, 1.807) is 29.9 Å². The molecule has 0 spiro atoms. The Hall–Kier alpha value is -3.48. The number of imide groups is 1. The van der Waals surface area contributed by atoms with E-state index < -0.39 is 35.5 Å². The molecule has 40 heavy (non-hydrogen) atoms. The van der Waals surface area contributed by atoms with Gasteiger partial charge in [-0.05, 0) is 52.2 Å². The van der Waals surface area contributed by atoms with E-state index in [0.717, 1.165) is 22.3 Å². The van der Waals surface area contributed by atoms with Crippen molar-refractivity contribution in [1.29, 1.82) is 0 Å². The number of amides is 3. The van der Waals surface area contributed by atoms with Crippen LogP contribution in [-0.4, -0.2) is 45.0 Å². The molecule has 5 rings (SSSR count). The van der Waals surface area contributed by atoms with Crippen molar-refractivity contribution in [3.63, 3.8) is 0 Å². The van der Waals surface area contributed by atoms with Gasteiger partial charge in [0, 0.05) is 18.1 Å². The zero-order chi connectivity index (χ0) is 28.8. The molecule has 1 N–H and O–H groups in total. The number of aryl methyl sites for hydroxylation is 1. The van der Waals surface area contributed by atoms with Gasteiger partial charge in [0.05, 0.1) is 49.4 Å². The van der Waals surface area contributed by atoms with Gasteiger partial charge in [0.1, 0.15) is 0 Å². The van der Waals surface area contributed by atoms with Gasteiger partial charge in [0.25, 0.3) is 17.7 Å².